The normalized spacial score (nSPS) is 18.0. The summed E-state index contributed by atoms with van der Waals surface area (Å²) < 4.78 is 18.2. The van der Waals surface area contributed by atoms with E-state index < -0.39 is 5.60 Å². The van der Waals surface area contributed by atoms with Crippen molar-refractivity contribution in [3.8, 4) is 5.75 Å². The van der Waals surface area contributed by atoms with Gasteiger partial charge in [0, 0.05) is 6.07 Å². The minimum Gasteiger partial charge on any atom is -0.496 e. The third-order valence-corrected chi connectivity index (χ3v) is 2.77. The van der Waals surface area contributed by atoms with Gasteiger partial charge in [0.25, 0.3) is 0 Å². The van der Waals surface area contributed by atoms with Crippen LogP contribution in [0.15, 0.2) is 12.1 Å². The van der Waals surface area contributed by atoms with Crippen LogP contribution < -0.4 is 4.74 Å². The Labute approximate surface area is 82.3 Å². The summed E-state index contributed by atoms with van der Waals surface area (Å²) in [5.74, 6) is 0.142. The highest BCUT2D eigenvalue weighted by Gasteiger charge is 2.43. The third-order valence-electron chi connectivity index (χ3n) is 2.77. The van der Waals surface area contributed by atoms with Gasteiger partial charge < -0.3 is 9.84 Å². The summed E-state index contributed by atoms with van der Waals surface area (Å²) in [6.45, 7) is 1.84. The quantitative estimate of drug-likeness (QED) is 0.785. The Morgan fingerprint density at radius 2 is 2.07 bits per heavy atom. The van der Waals surface area contributed by atoms with Crippen LogP contribution in [0.4, 0.5) is 4.39 Å². The van der Waals surface area contributed by atoms with Gasteiger partial charge in [0.2, 0.25) is 0 Å². The monoisotopic (exact) mass is 196 g/mol. The summed E-state index contributed by atoms with van der Waals surface area (Å²) in [6, 6.07) is 2.73. The molecular formula is C11H13FO2. The van der Waals surface area contributed by atoms with E-state index in [0.29, 0.717) is 24.2 Å². The first-order valence-corrected chi connectivity index (χ1v) is 4.64. The van der Waals surface area contributed by atoms with Crippen LogP contribution in [0.1, 0.15) is 24.0 Å². The van der Waals surface area contributed by atoms with Gasteiger partial charge >= 0.3 is 0 Å². The Morgan fingerprint density at radius 3 is 2.57 bits per heavy atom. The molecule has 1 saturated carbocycles. The fraction of sp³-hybridized carbons (Fsp3) is 0.455. The Hall–Kier alpha value is -1.09. The van der Waals surface area contributed by atoms with Crippen LogP contribution in [0, 0.1) is 12.7 Å². The predicted molar refractivity (Wildman–Crippen MR) is 50.8 cm³/mol. The molecule has 0 spiro atoms. The lowest BCUT2D eigenvalue weighted by Gasteiger charge is -2.14. The number of hydrogen-bond donors (Lipinski definition) is 1. The fourth-order valence-corrected chi connectivity index (χ4v) is 1.74. The van der Waals surface area contributed by atoms with Crippen LogP contribution >= 0.6 is 0 Å². The fourth-order valence-electron chi connectivity index (χ4n) is 1.74. The lowest BCUT2D eigenvalue weighted by atomic mass is 10.0. The highest BCUT2D eigenvalue weighted by Crippen LogP contribution is 2.48. The lowest BCUT2D eigenvalue weighted by Crippen LogP contribution is -2.08. The Balaban J connectivity index is 2.54. The van der Waals surface area contributed by atoms with Gasteiger partial charge in [0.1, 0.15) is 11.6 Å². The van der Waals surface area contributed by atoms with Crippen molar-refractivity contribution in [3.05, 3.63) is 29.1 Å². The van der Waals surface area contributed by atoms with E-state index in [1.54, 1.807) is 0 Å². The molecule has 76 valence electrons. The topological polar surface area (TPSA) is 29.5 Å². The summed E-state index contributed by atoms with van der Waals surface area (Å²) >= 11 is 0. The Bertz CT molecular complexity index is 370. The molecule has 1 fully saturated rings. The van der Waals surface area contributed by atoms with E-state index >= 15 is 0 Å². The Morgan fingerprint density at radius 1 is 1.43 bits per heavy atom. The number of hydrogen-bond acceptors (Lipinski definition) is 2. The maximum atomic E-state index is 13.2. The molecule has 1 aromatic carbocycles. The van der Waals surface area contributed by atoms with E-state index in [4.69, 9.17) is 4.74 Å². The second-order valence-electron chi connectivity index (χ2n) is 3.81. The van der Waals surface area contributed by atoms with E-state index in [0.717, 1.165) is 5.56 Å². The number of benzene rings is 1. The number of aliphatic hydroxyl groups is 1. The summed E-state index contributed by atoms with van der Waals surface area (Å²) in [5, 5.41) is 9.90. The molecule has 1 N–H and O–H groups in total. The molecule has 14 heavy (non-hydrogen) atoms. The van der Waals surface area contributed by atoms with Crippen LogP contribution in [0.5, 0.6) is 5.75 Å². The van der Waals surface area contributed by atoms with E-state index in [2.05, 4.69) is 0 Å². The molecule has 1 aromatic rings. The number of halogens is 1. The second-order valence-corrected chi connectivity index (χ2v) is 3.81. The van der Waals surface area contributed by atoms with E-state index in [1.165, 1.54) is 19.2 Å². The Kier molecular flexibility index (Phi) is 2.00. The zero-order chi connectivity index (χ0) is 10.3. The molecule has 2 rings (SSSR count). The van der Waals surface area contributed by atoms with Crippen LogP contribution in [-0.4, -0.2) is 12.2 Å². The average molecular weight is 196 g/mol. The highest BCUT2D eigenvalue weighted by molar-refractivity contribution is 5.44. The van der Waals surface area contributed by atoms with Gasteiger partial charge in [-0.3, -0.25) is 0 Å². The SMILES string of the molecule is COc1cc(F)cc(C2(O)CC2)c1C. The van der Waals surface area contributed by atoms with Gasteiger partial charge in [-0.05, 0) is 37.0 Å². The molecule has 0 amide bonds. The molecule has 2 nitrogen and oxygen atoms in total. The van der Waals surface area contributed by atoms with Gasteiger partial charge in [0.15, 0.2) is 0 Å². The maximum Gasteiger partial charge on any atom is 0.127 e. The zero-order valence-electron chi connectivity index (χ0n) is 8.30. The van der Waals surface area contributed by atoms with Crippen LogP contribution in [0.2, 0.25) is 0 Å². The molecular weight excluding hydrogens is 183 g/mol. The average Bonchev–Trinajstić information content (AvgIpc) is 2.88. The summed E-state index contributed by atoms with van der Waals surface area (Å²) in [5.41, 5.74) is 0.683. The highest BCUT2D eigenvalue weighted by atomic mass is 19.1. The first kappa shape index (κ1) is 9.46. The largest absolute Gasteiger partial charge is 0.496 e. The summed E-state index contributed by atoms with van der Waals surface area (Å²) in [7, 11) is 1.50. The van der Waals surface area contributed by atoms with Gasteiger partial charge in [-0.15, -0.1) is 0 Å². The molecule has 0 heterocycles. The van der Waals surface area contributed by atoms with Crippen molar-refractivity contribution in [3.63, 3.8) is 0 Å². The molecule has 0 radical (unpaired) electrons. The molecule has 0 aliphatic heterocycles. The first-order chi connectivity index (χ1) is 6.57. The molecule has 1 aliphatic carbocycles. The van der Waals surface area contributed by atoms with Crippen molar-refractivity contribution in [2.45, 2.75) is 25.4 Å². The summed E-state index contributed by atoms with van der Waals surface area (Å²) in [4.78, 5) is 0. The van der Waals surface area contributed by atoms with Crippen molar-refractivity contribution < 1.29 is 14.2 Å². The van der Waals surface area contributed by atoms with Crippen LogP contribution in [0.3, 0.4) is 0 Å². The molecule has 1 aliphatic rings. The van der Waals surface area contributed by atoms with Crippen molar-refractivity contribution in [1.82, 2.24) is 0 Å². The molecule has 0 aromatic heterocycles. The second kappa shape index (κ2) is 2.95. The standard InChI is InChI=1S/C11H13FO2/c1-7-9(11(13)3-4-11)5-8(12)6-10(7)14-2/h5-6,13H,3-4H2,1-2H3. The van der Waals surface area contributed by atoms with Gasteiger partial charge in [-0.2, -0.15) is 0 Å². The van der Waals surface area contributed by atoms with E-state index in [9.17, 15) is 9.50 Å². The van der Waals surface area contributed by atoms with Crippen molar-refractivity contribution in [1.29, 1.82) is 0 Å². The minimum absolute atomic E-state index is 0.359. The van der Waals surface area contributed by atoms with Crippen molar-refractivity contribution in [2.24, 2.45) is 0 Å². The van der Waals surface area contributed by atoms with Gasteiger partial charge in [-0.1, -0.05) is 0 Å². The number of methoxy groups -OCH3 is 1. The molecule has 3 heteroatoms. The van der Waals surface area contributed by atoms with Crippen LogP contribution in [0.25, 0.3) is 0 Å². The van der Waals surface area contributed by atoms with Crippen molar-refractivity contribution in [2.75, 3.05) is 7.11 Å². The molecule has 0 unspecified atom stereocenters. The number of ether oxygens (including phenoxy) is 1. The van der Waals surface area contributed by atoms with Crippen molar-refractivity contribution >= 4 is 0 Å². The molecule has 0 saturated heterocycles. The maximum absolute atomic E-state index is 13.2. The van der Waals surface area contributed by atoms with Gasteiger partial charge in [0.05, 0.1) is 12.7 Å². The number of rotatable bonds is 2. The first-order valence-electron chi connectivity index (χ1n) is 4.64. The van der Waals surface area contributed by atoms with Crippen LogP contribution in [-0.2, 0) is 5.60 Å². The smallest absolute Gasteiger partial charge is 0.127 e. The predicted octanol–water partition coefficient (Wildman–Crippen LogP) is 2.12. The zero-order valence-corrected chi connectivity index (χ0v) is 8.30. The summed E-state index contributed by atoms with van der Waals surface area (Å²) in [6.07, 6.45) is 1.42. The van der Waals surface area contributed by atoms with E-state index in [-0.39, 0.29) is 5.82 Å². The van der Waals surface area contributed by atoms with E-state index in [1.807, 2.05) is 6.92 Å². The molecule has 0 bridgehead atoms. The molecule has 0 atom stereocenters. The van der Waals surface area contributed by atoms with Gasteiger partial charge in [-0.25, -0.2) is 4.39 Å². The third kappa shape index (κ3) is 1.38. The lowest BCUT2D eigenvalue weighted by molar-refractivity contribution is 0.150. The minimum atomic E-state index is -0.806.